The summed E-state index contributed by atoms with van der Waals surface area (Å²) in [7, 11) is -5.24. The van der Waals surface area contributed by atoms with Gasteiger partial charge in [0.2, 0.25) is 0 Å². The van der Waals surface area contributed by atoms with Crippen LogP contribution in [0.4, 0.5) is 0 Å². The molecule has 0 bridgehead atoms. The van der Waals surface area contributed by atoms with Gasteiger partial charge in [0.1, 0.15) is 0 Å². The Bertz CT molecular complexity index is 356. The summed E-state index contributed by atoms with van der Waals surface area (Å²) in [5.74, 6) is -7.79. The molecule has 2 atom stereocenters. The quantitative estimate of drug-likeness (QED) is 0.338. The van der Waals surface area contributed by atoms with Gasteiger partial charge in [-0.1, -0.05) is 0 Å². The number of rotatable bonds is 6. The van der Waals surface area contributed by atoms with Gasteiger partial charge in [-0.3, -0.25) is 18.9 Å². The van der Waals surface area contributed by atoms with Gasteiger partial charge >= 0.3 is 25.5 Å². The standard InChI is InChI=1S/C6H9O9P.H2O/c7-3(8)1-2(5(9)10)4(6(11)12)16(13,14)15;/h2,4H,1H2,(H,7,8)(H,9,10)(H,11,12)(H2,13,14,15);1H2. The maximum Gasteiger partial charge on any atom is 0.340 e. The zero-order chi connectivity index (χ0) is 13.1. The maximum atomic E-state index is 10.8. The topological polar surface area (TPSA) is 201 Å². The van der Waals surface area contributed by atoms with Gasteiger partial charge in [-0.05, 0) is 0 Å². The van der Waals surface area contributed by atoms with E-state index in [1.54, 1.807) is 0 Å². The van der Waals surface area contributed by atoms with Crippen molar-refractivity contribution < 1.29 is 49.5 Å². The molecule has 17 heavy (non-hydrogen) atoms. The Kier molecular flexibility index (Phi) is 6.64. The van der Waals surface area contributed by atoms with Crippen LogP contribution in [-0.4, -0.2) is 54.1 Å². The average molecular weight is 274 g/mol. The minimum Gasteiger partial charge on any atom is -0.481 e. The molecule has 0 aromatic rings. The van der Waals surface area contributed by atoms with E-state index in [4.69, 9.17) is 25.1 Å². The molecule has 0 saturated carbocycles. The number of hydrogen-bond donors (Lipinski definition) is 5. The van der Waals surface area contributed by atoms with Crippen molar-refractivity contribution in [2.24, 2.45) is 5.92 Å². The van der Waals surface area contributed by atoms with Crippen LogP contribution in [0.2, 0.25) is 0 Å². The highest BCUT2D eigenvalue weighted by atomic mass is 31.2. The zero-order valence-electron chi connectivity index (χ0n) is 8.18. The van der Waals surface area contributed by atoms with E-state index in [9.17, 15) is 18.9 Å². The number of carboxylic acid groups (broad SMARTS) is 3. The SMILES string of the molecule is O.O=C(O)CC(C(=O)O)C(C(=O)O)P(=O)(O)O. The van der Waals surface area contributed by atoms with Crippen LogP contribution >= 0.6 is 7.60 Å². The summed E-state index contributed by atoms with van der Waals surface area (Å²) < 4.78 is 10.8. The Morgan fingerprint density at radius 3 is 1.59 bits per heavy atom. The largest absolute Gasteiger partial charge is 0.481 e. The molecule has 0 fully saturated rings. The van der Waals surface area contributed by atoms with Gasteiger partial charge in [0.05, 0.1) is 12.3 Å². The lowest BCUT2D eigenvalue weighted by atomic mass is 10.0. The highest BCUT2D eigenvalue weighted by Gasteiger charge is 2.46. The van der Waals surface area contributed by atoms with Gasteiger partial charge in [-0.25, -0.2) is 0 Å². The van der Waals surface area contributed by atoms with Crippen molar-refractivity contribution in [1.29, 1.82) is 0 Å². The molecule has 0 radical (unpaired) electrons. The lowest BCUT2D eigenvalue weighted by Crippen LogP contribution is -2.36. The molecule has 0 rings (SSSR count). The first-order chi connectivity index (χ1) is 7.07. The molecule has 0 aliphatic rings. The minimum atomic E-state index is -5.24. The molecule has 11 heteroatoms. The molecule has 0 aromatic carbocycles. The van der Waals surface area contributed by atoms with Crippen LogP contribution < -0.4 is 0 Å². The Morgan fingerprint density at radius 2 is 1.41 bits per heavy atom. The molecule has 0 amide bonds. The lowest BCUT2D eigenvalue weighted by Gasteiger charge is -2.19. The molecule has 0 aromatic heterocycles. The van der Waals surface area contributed by atoms with Gasteiger partial charge in [-0.2, -0.15) is 0 Å². The van der Waals surface area contributed by atoms with Gasteiger partial charge in [0.15, 0.2) is 5.66 Å². The molecule has 0 spiro atoms. The van der Waals surface area contributed by atoms with Crippen molar-refractivity contribution in [2.75, 3.05) is 0 Å². The second-order valence-corrected chi connectivity index (χ2v) is 4.65. The van der Waals surface area contributed by atoms with Gasteiger partial charge in [-0.15, -0.1) is 0 Å². The van der Waals surface area contributed by atoms with Crippen molar-refractivity contribution in [1.82, 2.24) is 0 Å². The molecular weight excluding hydrogens is 263 g/mol. The van der Waals surface area contributed by atoms with Crippen LogP contribution in [0.15, 0.2) is 0 Å². The fraction of sp³-hybridized carbons (Fsp3) is 0.500. The van der Waals surface area contributed by atoms with Crippen LogP contribution in [0.1, 0.15) is 6.42 Å². The second kappa shape index (κ2) is 6.30. The fourth-order valence-electron chi connectivity index (χ4n) is 1.07. The van der Waals surface area contributed by atoms with Crippen LogP contribution in [0.3, 0.4) is 0 Å². The summed E-state index contributed by atoms with van der Waals surface area (Å²) in [6.45, 7) is 0. The van der Waals surface area contributed by atoms with E-state index in [1.807, 2.05) is 0 Å². The Balaban J connectivity index is 0. The van der Waals surface area contributed by atoms with Crippen molar-refractivity contribution in [2.45, 2.75) is 12.1 Å². The first kappa shape index (κ1) is 17.9. The summed E-state index contributed by atoms with van der Waals surface area (Å²) >= 11 is 0. The molecule has 0 heterocycles. The lowest BCUT2D eigenvalue weighted by molar-refractivity contribution is -0.152. The average Bonchev–Trinajstić information content (AvgIpc) is 1.97. The van der Waals surface area contributed by atoms with E-state index in [2.05, 4.69) is 0 Å². The molecule has 0 aliphatic carbocycles. The third kappa shape index (κ3) is 5.41. The first-order valence-electron chi connectivity index (χ1n) is 3.80. The maximum absolute atomic E-state index is 10.8. The predicted molar refractivity (Wildman–Crippen MR) is 50.5 cm³/mol. The van der Waals surface area contributed by atoms with Crippen molar-refractivity contribution in [3.63, 3.8) is 0 Å². The summed E-state index contributed by atoms with van der Waals surface area (Å²) in [5, 5.41) is 25.3. The number of carboxylic acids is 3. The molecule has 10 nitrogen and oxygen atoms in total. The Hall–Kier alpha value is -1.48. The third-order valence-electron chi connectivity index (χ3n) is 1.71. The van der Waals surface area contributed by atoms with Crippen LogP contribution in [-0.2, 0) is 18.9 Å². The van der Waals surface area contributed by atoms with E-state index < -0.39 is 43.5 Å². The van der Waals surface area contributed by atoms with Crippen LogP contribution in [0.25, 0.3) is 0 Å². The molecular formula is C6H11O10P. The molecule has 2 unspecified atom stereocenters. The van der Waals surface area contributed by atoms with E-state index >= 15 is 0 Å². The van der Waals surface area contributed by atoms with Gasteiger partial charge < -0.3 is 30.6 Å². The highest BCUT2D eigenvalue weighted by molar-refractivity contribution is 7.53. The van der Waals surface area contributed by atoms with Crippen molar-refractivity contribution >= 4 is 25.5 Å². The minimum absolute atomic E-state index is 0. The fourth-order valence-corrected chi connectivity index (χ4v) is 2.06. The smallest absolute Gasteiger partial charge is 0.340 e. The number of hydrogen-bond acceptors (Lipinski definition) is 4. The van der Waals surface area contributed by atoms with Crippen LogP contribution in [0.5, 0.6) is 0 Å². The number of aliphatic carboxylic acids is 3. The Morgan fingerprint density at radius 1 is 1.00 bits per heavy atom. The normalized spacial score (nSPS) is 14.2. The second-order valence-electron chi connectivity index (χ2n) is 2.91. The molecule has 0 aliphatic heterocycles. The molecule has 0 saturated heterocycles. The van der Waals surface area contributed by atoms with E-state index in [0.29, 0.717) is 0 Å². The Labute approximate surface area is 94.0 Å². The van der Waals surface area contributed by atoms with E-state index in [1.165, 1.54) is 0 Å². The summed E-state index contributed by atoms with van der Waals surface area (Å²) in [5.41, 5.74) is -2.57. The van der Waals surface area contributed by atoms with Crippen LogP contribution in [0, 0.1) is 5.92 Å². The van der Waals surface area contributed by atoms with Crippen molar-refractivity contribution in [3.8, 4) is 0 Å². The van der Waals surface area contributed by atoms with Gasteiger partial charge in [0.25, 0.3) is 0 Å². The van der Waals surface area contributed by atoms with Gasteiger partial charge in [0, 0.05) is 0 Å². The first-order valence-corrected chi connectivity index (χ1v) is 5.48. The van der Waals surface area contributed by atoms with E-state index in [0.717, 1.165) is 0 Å². The molecule has 7 N–H and O–H groups in total. The zero-order valence-corrected chi connectivity index (χ0v) is 9.07. The molecule has 100 valence electrons. The van der Waals surface area contributed by atoms with E-state index in [-0.39, 0.29) is 5.48 Å². The monoisotopic (exact) mass is 274 g/mol. The number of carbonyl (C=O) groups is 3. The predicted octanol–water partition coefficient (Wildman–Crippen LogP) is -2.03. The highest BCUT2D eigenvalue weighted by Crippen LogP contribution is 2.46. The summed E-state index contributed by atoms with van der Waals surface area (Å²) in [6.07, 6.45) is -1.18. The van der Waals surface area contributed by atoms with Crippen molar-refractivity contribution in [3.05, 3.63) is 0 Å². The third-order valence-corrected chi connectivity index (χ3v) is 3.01. The summed E-state index contributed by atoms with van der Waals surface area (Å²) in [4.78, 5) is 48.6. The summed E-state index contributed by atoms with van der Waals surface area (Å²) in [6, 6.07) is 0.